The molecule has 0 fully saturated rings. The molecule has 1 aromatic heterocycles. The summed E-state index contributed by atoms with van der Waals surface area (Å²) in [7, 11) is 0. The van der Waals surface area contributed by atoms with Gasteiger partial charge in [0.15, 0.2) is 0 Å². The summed E-state index contributed by atoms with van der Waals surface area (Å²) >= 11 is 0. The zero-order chi connectivity index (χ0) is 22.3. The Morgan fingerprint density at radius 2 is 1.52 bits per heavy atom. The Hall–Kier alpha value is -2.56. The van der Waals surface area contributed by atoms with E-state index in [1.54, 1.807) is 24.3 Å². The van der Waals surface area contributed by atoms with Crippen LogP contribution >= 0.6 is 0 Å². The van der Waals surface area contributed by atoms with Gasteiger partial charge in [-0.2, -0.15) is 0 Å². The van der Waals surface area contributed by atoms with E-state index in [1.165, 1.54) is 51.1 Å². The van der Waals surface area contributed by atoms with E-state index in [4.69, 9.17) is 14.2 Å². The van der Waals surface area contributed by atoms with Crippen molar-refractivity contribution in [1.29, 1.82) is 0 Å². The van der Waals surface area contributed by atoms with Crippen LogP contribution in [0.4, 0.5) is 0 Å². The van der Waals surface area contributed by atoms with E-state index in [9.17, 15) is 4.79 Å². The Labute approximate surface area is 187 Å². The third-order valence-electron chi connectivity index (χ3n) is 5.17. The minimum Gasteiger partial charge on any atom is -0.494 e. The van der Waals surface area contributed by atoms with Crippen LogP contribution in [0.5, 0.6) is 17.4 Å². The fraction of sp³-hybridized carbons (Fsp3) is 0.538. The second-order valence-electron chi connectivity index (χ2n) is 7.91. The highest BCUT2D eigenvalue weighted by Gasteiger charge is 2.11. The van der Waals surface area contributed by atoms with Gasteiger partial charge in [-0.15, -0.1) is 0 Å². The molecule has 0 saturated carbocycles. The highest BCUT2D eigenvalue weighted by atomic mass is 16.5. The quantitative estimate of drug-likeness (QED) is 0.174. The van der Waals surface area contributed by atoms with Crippen LogP contribution in [0.25, 0.3) is 0 Å². The minimum absolute atomic E-state index is 0.0848. The van der Waals surface area contributed by atoms with Gasteiger partial charge in [-0.3, -0.25) is 0 Å². The van der Waals surface area contributed by atoms with E-state index >= 15 is 0 Å². The van der Waals surface area contributed by atoms with Gasteiger partial charge in [-0.25, -0.2) is 9.78 Å². The Bertz CT molecular complexity index is 743. The van der Waals surface area contributed by atoms with E-state index in [-0.39, 0.29) is 6.10 Å². The summed E-state index contributed by atoms with van der Waals surface area (Å²) in [5.74, 6) is 1.32. The van der Waals surface area contributed by atoms with E-state index in [1.807, 2.05) is 26.0 Å². The number of hydrogen-bond donors (Lipinski definition) is 0. The molecule has 1 aromatic carbocycles. The molecule has 5 heteroatoms. The largest absolute Gasteiger partial charge is 0.494 e. The lowest BCUT2D eigenvalue weighted by atomic mass is 10.1. The van der Waals surface area contributed by atoms with Crippen LogP contribution in [-0.4, -0.2) is 23.7 Å². The zero-order valence-corrected chi connectivity index (χ0v) is 19.3. The molecule has 2 aromatic rings. The Balaban J connectivity index is 1.67. The fourth-order valence-corrected chi connectivity index (χ4v) is 3.06. The molecule has 0 aliphatic rings. The van der Waals surface area contributed by atoms with Crippen LogP contribution in [-0.2, 0) is 0 Å². The van der Waals surface area contributed by atoms with Crippen LogP contribution in [0, 0.1) is 0 Å². The molecule has 0 radical (unpaired) electrons. The maximum absolute atomic E-state index is 12.3. The first-order chi connectivity index (χ1) is 15.1. The third-order valence-corrected chi connectivity index (χ3v) is 5.17. The number of nitrogens with zero attached hydrogens (tertiary/aromatic N) is 1. The molecule has 0 bridgehead atoms. The number of ether oxygens (including phenoxy) is 3. The topological polar surface area (TPSA) is 57.7 Å². The second kappa shape index (κ2) is 14.4. The first-order valence-electron chi connectivity index (χ1n) is 11.7. The maximum atomic E-state index is 12.3. The van der Waals surface area contributed by atoms with Crippen LogP contribution < -0.4 is 14.2 Å². The predicted octanol–water partition coefficient (Wildman–Crippen LogP) is 7.00. The molecule has 2 rings (SSSR count). The summed E-state index contributed by atoms with van der Waals surface area (Å²) in [5, 5.41) is 0. The van der Waals surface area contributed by atoms with Crippen LogP contribution in [0.2, 0.25) is 0 Å². The molecule has 5 nitrogen and oxygen atoms in total. The highest BCUT2D eigenvalue weighted by molar-refractivity contribution is 5.90. The number of hydrogen-bond acceptors (Lipinski definition) is 5. The summed E-state index contributed by atoms with van der Waals surface area (Å²) in [4.78, 5) is 16.5. The van der Waals surface area contributed by atoms with Crippen LogP contribution in [0.1, 0.15) is 88.9 Å². The van der Waals surface area contributed by atoms with Gasteiger partial charge in [0.05, 0.1) is 18.3 Å². The third kappa shape index (κ3) is 9.86. The Morgan fingerprint density at radius 3 is 2.13 bits per heavy atom. The number of rotatable bonds is 15. The standard InChI is InChI=1S/C26H37NO4/c1-4-6-7-8-9-10-11-12-19-29-23-14-16-24(17-15-23)31-26(28)22-13-18-25(27-20-22)30-21(3)5-2/h13-18,20-21H,4-12,19H2,1-3H3/t21-/m1/s1. The van der Waals surface area contributed by atoms with Crippen molar-refractivity contribution in [2.24, 2.45) is 0 Å². The normalized spacial score (nSPS) is 11.7. The molecule has 0 N–H and O–H groups in total. The van der Waals surface area contributed by atoms with Crippen molar-refractivity contribution in [3.63, 3.8) is 0 Å². The molecule has 1 atom stereocenters. The molecule has 170 valence electrons. The molecule has 0 aliphatic carbocycles. The molecule has 0 unspecified atom stereocenters. The first-order valence-corrected chi connectivity index (χ1v) is 11.7. The number of aromatic nitrogens is 1. The van der Waals surface area contributed by atoms with Gasteiger partial charge >= 0.3 is 5.97 Å². The maximum Gasteiger partial charge on any atom is 0.345 e. The SMILES string of the molecule is CCCCCCCCCCOc1ccc(OC(=O)c2ccc(O[C@H](C)CC)nc2)cc1. The van der Waals surface area contributed by atoms with Gasteiger partial charge in [0.25, 0.3) is 0 Å². The molecule has 31 heavy (non-hydrogen) atoms. The van der Waals surface area contributed by atoms with Crippen molar-refractivity contribution in [2.75, 3.05) is 6.61 Å². The summed E-state index contributed by atoms with van der Waals surface area (Å²) in [6, 6.07) is 10.5. The minimum atomic E-state index is -0.449. The van der Waals surface area contributed by atoms with E-state index < -0.39 is 5.97 Å². The summed E-state index contributed by atoms with van der Waals surface area (Å²) < 4.78 is 16.8. The van der Waals surface area contributed by atoms with Crippen molar-refractivity contribution in [1.82, 2.24) is 4.98 Å². The fourth-order valence-electron chi connectivity index (χ4n) is 3.06. The number of carbonyl (C=O) groups excluding carboxylic acids is 1. The van der Waals surface area contributed by atoms with E-state index in [0.29, 0.717) is 23.8 Å². The lowest BCUT2D eigenvalue weighted by molar-refractivity contribution is 0.0734. The lowest BCUT2D eigenvalue weighted by Crippen LogP contribution is -2.12. The number of pyridine rings is 1. The van der Waals surface area contributed by atoms with Crippen molar-refractivity contribution in [3.8, 4) is 17.4 Å². The predicted molar refractivity (Wildman–Crippen MR) is 124 cm³/mol. The van der Waals surface area contributed by atoms with E-state index in [2.05, 4.69) is 11.9 Å². The smallest absolute Gasteiger partial charge is 0.345 e. The molecule has 0 aliphatic heterocycles. The molecular weight excluding hydrogens is 390 g/mol. The first kappa shape index (κ1) is 24.7. The van der Waals surface area contributed by atoms with Crippen LogP contribution in [0.3, 0.4) is 0 Å². The van der Waals surface area contributed by atoms with Crippen molar-refractivity contribution in [2.45, 2.75) is 84.7 Å². The molecule has 1 heterocycles. The second-order valence-corrected chi connectivity index (χ2v) is 7.91. The molecule has 0 spiro atoms. The Kier molecular flexibility index (Phi) is 11.5. The highest BCUT2D eigenvalue weighted by Crippen LogP contribution is 2.20. The summed E-state index contributed by atoms with van der Waals surface area (Å²) in [5.41, 5.74) is 0.381. The number of esters is 1. The van der Waals surface area contributed by atoms with Gasteiger partial charge in [0, 0.05) is 12.3 Å². The van der Waals surface area contributed by atoms with E-state index in [0.717, 1.165) is 18.6 Å². The average molecular weight is 428 g/mol. The lowest BCUT2D eigenvalue weighted by Gasteiger charge is -2.11. The van der Waals surface area contributed by atoms with Crippen LogP contribution in [0.15, 0.2) is 42.6 Å². The van der Waals surface area contributed by atoms with Crippen molar-refractivity contribution < 1.29 is 19.0 Å². The summed E-state index contributed by atoms with van der Waals surface area (Å²) in [6.07, 6.45) is 12.7. The van der Waals surface area contributed by atoms with Gasteiger partial charge in [0.2, 0.25) is 5.88 Å². The molecule has 0 saturated heterocycles. The molecular formula is C26H37NO4. The Morgan fingerprint density at radius 1 is 0.871 bits per heavy atom. The van der Waals surface area contributed by atoms with Gasteiger partial charge in [-0.05, 0) is 50.1 Å². The molecule has 0 amide bonds. The monoisotopic (exact) mass is 427 g/mol. The number of unbranched alkanes of at least 4 members (excludes halogenated alkanes) is 7. The average Bonchev–Trinajstić information content (AvgIpc) is 2.79. The van der Waals surface area contributed by atoms with Gasteiger partial charge < -0.3 is 14.2 Å². The van der Waals surface area contributed by atoms with Crippen molar-refractivity contribution in [3.05, 3.63) is 48.2 Å². The van der Waals surface area contributed by atoms with Crippen molar-refractivity contribution >= 4 is 5.97 Å². The number of benzene rings is 1. The zero-order valence-electron chi connectivity index (χ0n) is 19.3. The summed E-state index contributed by atoms with van der Waals surface area (Å²) in [6.45, 7) is 6.98. The van der Waals surface area contributed by atoms with Gasteiger partial charge in [0.1, 0.15) is 11.5 Å². The number of carbonyl (C=O) groups is 1. The van der Waals surface area contributed by atoms with Gasteiger partial charge in [-0.1, -0.05) is 58.8 Å².